The Morgan fingerprint density at radius 1 is 1.21 bits per heavy atom. The van der Waals surface area contributed by atoms with Crippen molar-refractivity contribution in [2.24, 2.45) is 5.92 Å². The molecule has 1 saturated carbocycles. The van der Waals surface area contributed by atoms with Crippen LogP contribution in [0.3, 0.4) is 0 Å². The summed E-state index contributed by atoms with van der Waals surface area (Å²) in [5.74, 6) is 0.597. The molecule has 24 heavy (non-hydrogen) atoms. The van der Waals surface area contributed by atoms with Crippen LogP contribution in [-0.4, -0.2) is 46.0 Å². The average Bonchev–Trinajstić information content (AvgIpc) is 3.06. The van der Waals surface area contributed by atoms with Gasteiger partial charge in [-0.25, -0.2) is 21.6 Å². The van der Waals surface area contributed by atoms with Crippen LogP contribution in [0.5, 0.6) is 0 Å². The van der Waals surface area contributed by atoms with Crippen LogP contribution in [0.4, 0.5) is 0 Å². The maximum Gasteiger partial charge on any atom is 0.252 e. The molecule has 136 valence electrons. The Morgan fingerprint density at radius 2 is 1.96 bits per heavy atom. The van der Waals surface area contributed by atoms with Gasteiger partial charge >= 0.3 is 0 Å². The van der Waals surface area contributed by atoms with Gasteiger partial charge in [-0.05, 0) is 57.1 Å². The normalized spacial score (nSPS) is 23.0. The van der Waals surface area contributed by atoms with Gasteiger partial charge in [-0.15, -0.1) is 11.3 Å². The Balaban J connectivity index is 1.66. The number of nitrogens with zero attached hydrogens (tertiary/aromatic N) is 1. The van der Waals surface area contributed by atoms with E-state index in [0.717, 1.165) is 30.6 Å². The maximum atomic E-state index is 12.9. The van der Waals surface area contributed by atoms with Gasteiger partial charge in [0.15, 0.2) is 0 Å². The Labute approximate surface area is 148 Å². The SMILES string of the molecule is CCS(=O)(=O)NCCc1ccc(S(=O)(=O)N2CCCC2C2CC2)s1. The lowest BCUT2D eigenvalue weighted by Gasteiger charge is -2.23. The summed E-state index contributed by atoms with van der Waals surface area (Å²) in [6.45, 7) is 2.50. The van der Waals surface area contributed by atoms with Gasteiger partial charge in [-0.2, -0.15) is 4.31 Å². The third-order valence-electron chi connectivity index (χ3n) is 4.69. The van der Waals surface area contributed by atoms with Crippen LogP contribution in [0.2, 0.25) is 0 Å². The largest absolute Gasteiger partial charge is 0.252 e. The molecule has 3 rings (SSSR count). The summed E-state index contributed by atoms with van der Waals surface area (Å²) in [7, 11) is -6.62. The first kappa shape index (κ1) is 18.3. The van der Waals surface area contributed by atoms with Gasteiger partial charge < -0.3 is 0 Å². The third kappa shape index (κ3) is 4.01. The first-order valence-corrected chi connectivity index (χ1v) is 12.3. The highest BCUT2D eigenvalue weighted by atomic mass is 32.2. The highest BCUT2D eigenvalue weighted by molar-refractivity contribution is 7.91. The summed E-state index contributed by atoms with van der Waals surface area (Å²) in [4.78, 5) is 0.884. The van der Waals surface area contributed by atoms with Crippen LogP contribution in [0, 0.1) is 5.92 Å². The number of nitrogens with one attached hydrogen (secondary N) is 1. The van der Waals surface area contributed by atoms with Crippen LogP contribution < -0.4 is 4.72 Å². The van der Waals surface area contributed by atoms with E-state index in [9.17, 15) is 16.8 Å². The van der Waals surface area contributed by atoms with Gasteiger partial charge in [-0.3, -0.25) is 0 Å². The van der Waals surface area contributed by atoms with Crippen molar-refractivity contribution >= 4 is 31.4 Å². The molecule has 1 aromatic heterocycles. The van der Waals surface area contributed by atoms with Crippen LogP contribution >= 0.6 is 11.3 Å². The minimum Gasteiger partial charge on any atom is -0.215 e. The number of hydrogen-bond acceptors (Lipinski definition) is 5. The van der Waals surface area contributed by atoms with E-state index in [2.05, 4.69) is 4.72 Å². The molecule has 0 aromatic carbocycles. The zero-order chi connectivity index (χ0) is 17.4. The summed E-state index contributed by atoms with van der Waals surface area (Å²) in [5, 5.41) is 0. The summed E-state index contributed by atoms with van der Waals surface area (Å²) in [6.07, 6.45) is 4.71. The zero-order valence-electron chi connectivity index (χ0n) is 13.8. The standard InChI is InChI=1S/C15H24N2O4S3/c1-2-23(18,19)16-10-9-13-7-8-15(22-13)24(20,21)17-11-3-4-14(17)12-5-6-12/h7-8,12,14,16H,2-6,9-11H2,1H3. The van der Waals surface area contributed by atoms with Crippen LogP contribution in [0.1, 0.15) is 37.5 Å². The van der Waals surface area contributed by atoms with Crippen molar-refractivity contribution < 1.29 is 16.8 Å². The van der Waals surface area contributed by atoms with Gasteiger partial charge in [-0.1, -0.05) is 0 Å². The summed E-state index contributed by atoms with van der Waals surface area (Å²) >= 11 is 1.25. The minimum absolute atomic E-state index is 0.0502. The van der Waals surface area contributed by atoms with Crippen LogP contribution in [0.25, 0.3) is 0 Å². The molecule has 2 heterocycles. The number of thiophene rings is 1. The Morgan fingerprint density at radius 3 is 2.62 bits per heavy atom. The lowest BCUT2D eigenvalue weighted by Crippen LogP contribution is -2.36. The summed E-state index contributed by atoms with van der Waals surface area (Å²) in [5.41, 5.74) is 0. The maximum absolute atomic E-state index is 12.9. The van der Waals surface area contributed by atoms with Crippen molar-refractivity contribution in [3.63, 3.8) is 0 Å². The second-order valence-corrected chi connectivity index (χ2v) is 11.8. The molecule has 1 aromatic rings. The van der Waals surface area contributed by atoms with Crippen molar-refractivity contribution in [1.82, 2.24) is 9.03 Å². The van der Waals surface area contributed by atoms with Gasteiger partial charge in [0.2, 0.25) is 10.0 Å². The lowest BCUT2D eigenvalue weighted by atomic mass is 10.1. The predicted molar refractivity (Wildman–Crippen MR) is 95.1 cm³/mol. The fourth-order valence-corrected chi connectivity index (χ4v) is 7.05. The molecule has 2 aliphatic rings. The summed E-state index contributed by atoms with van der Waals surface area (Å²) in [6, 6.07) is 3.63. The van der Waals surface area contributed by atoms with E-state index in [-0.39, 0.29) is 11.8 Å². The molecular formula is C15H24N2O4S3. The molecule has 9 heteroatoms. The second-order valence-electron chi connectivity index (χ2n) is 6.43. The van der Waals surface area contributed by atoms with E-state index in [1.165, 1.54) is 11.3 Å². The Hall–Kier alpha value is -0.480. The van der Waals surface area contributed by atoms with Gasteiger partial charge in [0.1, 0.15) is 4.21 Å². The topological polar surface area (TPSA) is 83.5 Å². The first-order chi connectivity index (χ1) is 11.3. The van der Waals surface area contributed by atoms with Crippen LogP contribution in [0.15, 0.2) is 16.3 Å². The Bertz CT molecular complexity index is 781. The molecule has 2 fully saturated rings. The van der Waals surface area contributed by atoms with E-state index in [1.807, 2.05) is 0 Å². The molecule has 6 nitrogen and oxygen atoms in total. The van der Waals surface area contributed by atoms with Crippen LogP contribution in [-0.2, 0) is 26.5 Å². The van der Waals surface area contributed by atoms with Crippen molar-refractivity contribution in [2.45, 2.75) is 49.3 Å². The number of sulfonamides is 2. The van der Waals surface area contributed by atoms with Crippen molar-refractivity contribution in [3.05, 3.63) is 17.0 Å². The smallest absolute Gasteiger partial charge is 0.215 e. The van der Waals surface area contributed by atoms with E-state index in [1.54, 1.807) is 23.4 Å². The highest BCUT2D eigenvalue weighted by Crippen LogP contribution is 2.42. The van der Waals surface area contributed by atoms with Gasteiger partial charge in [0.05, 0.1) is 5.75 Å². The molecule has 1 saturated heterocycles. The fraction of sp³-hybridized carbons (Fsp3) is 0.733. The molecule has 0 radical (unpaired) electrons. The molecule has 0 spiro atoms. The highest BCUT2D eigenvalue weighted by Gasteiger charge is 2.43. The number of rotatable bonds is 8. The van der Waals surface area contributed by atoms with E-state index in [0.29, 0.717) is 29.6 Å². The van der Waals surface area contributed by atoms with E-state index < -0.39 is 20.0 Å². The molecule has 1 atom stereocenters. The Kier molecular flexibility index (Phi) is 5.36. The lowest BCUT2D eigenvalue weighted by molar-refractivity contribution is 0.357. The molecule has 0 bridgehead atoms. The second kappa shape index (κ2) is 7.03. The van der Waals surface area contributed by atoms with Gasteiger partial charge in [0.25, 0.3) is 10.0 Å². The zero-order valence-corrected chi connectivity index (χ0v) is 16.2. The molecule has 1 N–H and O–H groups in total. The monoisotopic (exact) mass is 392 g/mol. The quantitative estimate of drug-likeness (QED) is 0.731. The first-order valence-electron chi connectivity index (χ1n) is 8.41. The number of hydrogen-bond donors (Lipinski definition) is 1. The molecule has 1 aliphatic carbocycles. The molecule has 1 unspecified atom stereocenters. The van der Waals surface area contributed by atoms with Crippen molar-refractivity contribution in [3.8, 4) is 0 Å². The van der Waals surface area contributed by atoms with E-state index >= 15 is 0 Å². The van der Waals surface area contributed by atoms with Crippen molar-refractivity contribution in [1.29, 1.82) is 0 Å². The minimum atomic E-state index is -3.42. The summed E-state index contributed by atoms with van der Waals surface area (Å²) < 4.78 is 53.2. The van der Waals surface area contributed by atoms with Crippen molar-refractivity contribution in [2.75, 3.05) is 18.8 Å². The van der Waals surface area contributed by atoms with Gasteiger partial charge in [0, 0.05) is 24.0 Å². The average molecular weight is 393 g/mol. The van der Waals surface area contributed by atoms with E-state index in [4.69, 9.17) is 0 Å². The fourth-order valence-electron chi connectivity index (χ4n) is 3.19. The molecule has 0 amide bonds. The molecular weight excluding hydrogens is 368 g/mol. The molecule has 1 aliphatic heterocycles. The third-order valence-corrected chi connectivity index (χ3v) is 9.63. The predicted octanol–water partition coefficient (Wildman–Crippen LogP) is 1.79.